The normalized spacial score (nSPS) is 16.8. The fraction of sp³-hybridized carbons (Fsp3) is 0.429. The van der Waals surface area contributed by atoms with E-state index in [1.165, 1.54) is 5.56 Å². The predicted molar refractivity (Wildman–Crippen MR) is 112 cm³/mol. The lowest BCUT2D eigenvalue weighted by molar-refractivity contribution is -0.148. The molecule has 1 saturated heterocycles. The van der Waals surface area contributed by atoms with Gasteiger partial charge in [0, 0.05) is 26.7 Å². The lowest BCUT2D eigenvalue weighted by Crippen LogP contribution is -2.40. The topological polar surface area (TPSA) is 85.2 Å². The van der Waals surface area contributed by atoms with Gasteiger partial charge in [0.2, 0.25) is 5.95 Å². The number of fused-ring (bicyclic) bond motifs is 1. The minimum atomic E-state index is -0.143. The van der Waals surface area contributed by atoms with Crippen LogP contribution in [0.2, 0.25) is 0 Å². The van der Waals surface area contributed by atoms with Crippen molar-refractivity contribution in [2.24, 2.45) is 13.0 Å². The SMILES string of the molecule is CCOC(=O)[C@H]1CCCN(c2nc(NCc3ccccc3)c3cnn(C)c3n2)C1. The zero-order valence-electron chi connectivity index (χ0n) is 16.8. The Hall–Kier alpha value is -3.16. The van der Waals surface area contributed by atoms with E-state index in [0.717, 1.165) is 36.2 Å². The predicted octanol–water partition coefficient (Wildman–Crippen LogP) is 2.75. The Kier molecular flexibility index (Phi) is 5.59. The largest absolute Gasteiger partial charge is 0.466 e. The van der Waals surface area contributed by atoms with E-state index in [1.54, 1.807) is 10.9 Å². The first kappa shape index (κ1) is 19.2. The van der Waals surface area contributed by atoms with E-state index in [9.17, 15) is 4.79 Å². The number of piperidine rings is 1. The average molecular weight is 394 g/mol. The maximum absolute atomic E-state index is 12.2. The van der Waals surface area contributed by atoms with Crippen LogP contribution < -0.4 is 10.2 Å². The number of rotatable bonds is 6. The van der Waals surface area contributed by atoms with Gasteiger partial charge in [-0.25, -0.2) is 0 Å². The summed E-state index contributed by atoms with van der Waals surface area (Å²) in [5.74, 6) is 1.09. The molecule has 1 fully saturated rings. The fourth-order valence-electron chi connectivity index (χ4n) is 3.68. The molecule has 3 aromatic rings. The van der Waals surface area contributed by atoms with Crippen LogP contribution >= 0.6 is 0 Å². The second kappa shape index (κ2) is 8.46. The van der Waals surface area contributed by atoms with Gasteiger partial charge >= 0.3 is 5.97 Å². The van der Waals surface area contributed by atoms with Crippen LogP contribution in [0, 0.1) is 5.92 Å². The van der Waals surface area contributed by atoms with Crippen LogP contribution in [-0.2, 0) is 23.1 Å². The van der Waals surface area contributed by atoms with Gasteiger partial charge in [-0.3, -0.25) is 9.48 Å². The van der Waals surface area contributed by atoms with Gasteiger partial charge in [0.25, 0.3) is 0 Å². The van der Waals surface area contributed by atoms with Gasteiger partial charge in [-0.2, -0.15) is 15.1 Å². The Morgan fingerprint density at radius 2 is 2.10 bits per heavy atom. The van der Waals surface area contributed by atoms with Crippen molar-refractivity contribution in [3.8, 4) is 0 Å². The molecule has 0 unspecified atom stereocenters. The van der Waals surface area contributed by atoms with Crippen molar-refractivity contribution in [2.75, 3.05) is 29.9 Å². The maximum atomic E-state index is 12.2. The van der Waals surface area contributed by atoms with Gasteiger partial charge in [-0.05, 0) is 25.3 Å². The van der Waals surface area contributed by atoms with Gasteiger partial charge in [0.1, 0.15) is 5.82 Å². The highest BCUT2D eigenvalue weighted by molar-refractivity contribution is 5.87. The van der Waals surface area contributed by atoms with E-state index >= 15 is 0 Å². The average Bonchev–Trinajstić information content (AvgIpc) is 3.14. The van der Waals surface area contributed by atoms with Crippen molar-refractivity contribution in [2.45, 2.75) is 26.3 Å². The number of aryl methyl sites for hydroxylation is 1. The lowest BCUT2D eigenvalue weighted by atomic mass is 9.98. The molecule has 29 heavy (non-hydrogen) atoms. The Labute approximate surface area is 169 Å². The molecule has 2 aromatic heterocycles. The number of aromatic nitrogens is 4. The number of hydrogen-bond donors (Lipinski definition) is 1. The second-order valence-corrected chi connectivity index (χ2v) is 7.25. The molecule has 0 aliphatic carbocycles. The highest BCUT2D eigenvalue weighted by atomic mass is 16.5. The summed E-state index contributed by atoms with van der Waals surface area (Å²) in [7, 11) is 1.87. The summed E-state index contributed by atoms with van der Waals surface area (Å²) in [4.78, 5) is 23.8. The monoisotopic (exact) mass is 394 g/mol. The first-order valence-corrected chi connectivity index (χ1v) is 10.0. The number of carbonyl (C=O) groups excluding carboxylic acids is 1. The van der Waals surface area contributed by atoms with Crippen molar-refractivity contribution in [1.29, 1.82) is 0 Å². The van der Waals surface area contributed by atoms with Gasteiger partial charge in [-0.15, -0.1) is 0 Å². The van der Waals surface area contributed by atoms with Crippen LogP contribution in [0.4, 0.5) is 11.8 Å². The third-order valence-corrected chi connectivity index (χ3v) is 5.21. The Balaban J connectivity index is 1.61. The fourth-order valence-corrected chi connectivity index (χ4v) is 3.68. The zero-order valence-corrected chi connectivity index (χ0v) is 16.8. The Morgan fingerprint density at radius 3 is 2.90 bits per heavy atom. The molecule has 0 saturated carbocycles. The summed E-state index contributed by atoms with van der Waals surface area (Å²) in [5.41, 5.74) is 1.94. The standard InChI is InChI=1S/C21H26N6O2/c1-3-29-20(28)16-10-7-11-27(14-16)21-24-18(17-13-23-26(2)19(17)25-21)22-12-15-8-5-4-6-9-15/h4-6,8-9,13,16H,3,7,10-12,14H2,1-2H3,(H,22,24,25)/t16-/m0/s1. The van der Waals surface area contributed by atoms with Crippen LogP contribution in [-0.4, -0.2) is 45.4 Å². The number of hydrogen-bond acceptors (Lipinski definition) is 7. The van der Waals surface area contributed by atoms with Crippen LogP contribution in [0.15, 0.2) is 36.5 Å². The molecule has 152 valence electrons. The molecule has 8 nitrogen and oxygen atoms in total. The summed E-state index contributed by atoms with van der Waals surface area (Å²) >= 11 is 0. The van der Waals surface area contributed by atoms with E-state index in [0.29, 0.717) is 25.6 Å². The number of benzene rings is 1. The maximum Gasteiger partial charge on any atom is 0.310 e. The number of nitrogens with one attached hydrogen (secondary N) is 1. The molecule has 0 bridgehead atoms. The molecule has 1 aromatic carbocycles. The third kappa shape index (κ3) is 4.16. The molecule has 0 radical (unpaired) electrons. The number of esters is 1. The minimum absolute atomic E-state index is 0.138. The van der Waals surface area contributed by atoms with Crippen LogP contribution in [0.25, 0.3) is 11.0 Å². The van der Waals surface area contributed by atoms with E-state index in [1.807, 2.05) is 32.2 Å². The molecule has 1 aliphatic heterocycles. The zero-order chi connectivity index (χ0) is 20.2. The van der Waals surface area contributed by atoms with Gasteiger partial charge < -0.3 is 15.0 Å². The number of nitrogens with zero attached hydrogens (tertiary/aromatic N) is 5. The number of ether oxygens (including phenoxy) is 1. The molecule has 3 heterocycles. The molecular weight excluding hydrogens is 368 g/mol. The van der Waals surface area contributed by atoms with Crippen LogP contribution in [0.3, 0.4) is 0 Å². The Morgan fingerprint density at radius 1 is 1.28 bits per heavy atom. The highest BCUT2D eigenvalue weighted by Gasteiger charge is 2.29. The van der Waals surface area contributed by atoms with Crippen molar-refractivity contribution in [3.63, 3.8) is 0 Å². The molecule has 0 amide bonds. The van der Waals surface area contributed by atoms with Crippen molar-refractivity contribution < 1.29 is 9.53 Å². The molecule has 4 rings (SSSR count). The molecule has 1 atom stereocenters. The molecule has 0 spiro atoms. The van der Waals surface area contributed by atoms with Crippen LogP contribution in [0.5, 0.6) is 0 Å². The first-order chi connectivity index (χ1) is 14.2. The summed E-state index contributed by atoms with van der Waals surface area (Å²) in [6.07, 6.45) is 3.52. The summed E-state index contributed by atoms with van der Waals surface area (Å²) in [6.45, 7) is 4.29. The van der Waals surface area contributed by atoms with Crippen molar-refractivity contribution in [1.82, 2.24) is 19.7 Å². The van der Waals surface area contributed by atoms with Crippen LogP contribution in [0.1, 0.15) is 25.3 Å². The first-order valence-electron chi connectivity index (χ1n) is 10.0. The van der Waals surface area contributed by atoms with E-state index < -0.39 is 0 Å². The molecule has 8 heteroatoms. The molecule has 1 N–H and O–H groups in total. The van der Waals surface area contributed by atoms with E-state index in [2.05, 4.69) is 27.4 Å². The Bertz CT molecular complexity index is 988. The lowest BCUT2D eigenvalue weighted by Gasteiger charge is -2.31. The van der Waals surface area contributed by atoms with Crippen molar-refractivity contribution in [3.05, 3.63) is 42.1 Å². The van der Waals surface area contributed by atoms with Crippen molar-refractivity contribution >= 4 is 28.8 Å². The van der Waals surface area contributed by atoms with E-state index in [4.69, 9.17) is 14.7 Å². The number of carbonyl (C=O) groups is 1. The molecule has 1 aliphatic rings. The summed E-state index contributed by atoms with van der Waals surface area (Å²) < 4.78 is 6.97. The number of anilines is 2. The van der Waals surface area contributed by atoms with Gasteiger partial charge in [0.05, 0.1) is 24.1 Å². The smallest absolute Gasteiger partial charge is 0.310 e. The highest BCUT2D eigenvalue weighted by Crippen LogP contribution is 2.27. The second-order valence-electron chi connectivity index (χ2n) is 7.25. The third-order valence-electron chi connectivity index (χ3n) is 5.21. The summed E-state index contributed by atoms with van der Waals surface area (Å²) in [5, 5.41) is 8.66. The minimum Gasteiger partial charge on any atom is -0.466 e. The van der Waals surface area contributed by atoms with Gasteiger partial charge in [-0.1, -0.05) is 30.3 Å². The quantitative estimate of drug-likeness (QED) is 0.644. The molecular formula is C21H26N6O2. The van der Waals surface area contributed by atoms with E-state index in [-0.39, 0.29) is 11.9 Å². The van der Waals surface area contributed by atoms with Gasteiger partial charge in [0.15, 0.2) is 5.65 Å². The summed E-state index contributed by atoms with van der Waals surface area (Å²) in [6, 6.07) is 10.2.